The van der Waals surface area contributed by atoms with E-state index in [-0.39, 0.29) is 29.9 Å². The normalized spacial score (nSPS) is 25.3. The second-order valence-corrected chi connectivity index (χ2v) is 6.37. The molecule has 0 saturated heterocycles. The fourth-order valence-corrected chi connectivity index (χ4v) is 2.65. The van der Waals surface area contributed by atoms with Gasteiger partial charge >= 0.3 is 5.97 Å². The van der Waals surface area contributed by atoms with Crippen LogP contribution in [0, 0.1) is 0 Å². The molecule has 1 aromatic carbocycles. The molecule has 1 aliphatic rings. The second kappa shape index (κ2) is 8.67. The Morgan fingerprint density at radius 3 is 2.65 bits per heavy atom. The number of methoxy groups -OCH3 is 1. The van der Waals surface area contributed by atoms with Gasteiger partial charge in [0.05, 0.1) is 13.2 Å². The van der Waals surface area contributed by atoms with E-state index in [4.69, 9.17) is 9.47 Å². The molecule has 26 heavy (non-hydrogen) atoms. The smallest absolute Gasteiger partial charge is 0.342 e. The van der Waals surface area contributed by atoms with E-state index in [2.05, 4.69) is 0 Å². The molecule has 1 aliphatic heterocycles. The Morgan fingerprint density at radius 2 is 1.96 bits per heavy atom. The molecule has 1 aromatic rings. The third-order valence-corrected chi connectivity index (χ3v) is 4.19. The maximum atomic E-state index is 12.5. The van der Waals surface area contributed by atoms with Crippen molar-refractivity contribution < 1.29 is 29.3 Å². The average molecular weight is 360 g/mol. The van der Waals surface area contributed by atoms with Gasteiger partial charge in [-0.3, -0.25) is 4.79 Å². The molecule has 2 atom stereocenters. The molecule has 0 aromatic heterocycles. The van der Waals surface area contributed by atoms with Crippen LogP contribution in [0.4, 0.5) is 0 Å². The molecule has 0 amide bonds. The Morgan fingerprint density at radius 1 is 1.23 bits per heavy atom. The number of phenols is 1. The van der Waals surface area contributed by atoms with Crippen LogP contribution in [0.15, 0.2) is 29.9 Å². The summed E-state index contributed by atoms with van der Waals surface area (Å²) in [7, 11) is 1.46. The van der Waals surface area contributed by atoms with Crippen molar-refractivity contribution in [2.75, 3.05) is 7.11 Å². The van der Waals surface area contributed by atoms with E-state index in [1.807, 2.05) is 0 Å². The molecule has 0 fully saturated rings. The Hall–Kier alpha value is -2.60. The zero-order chi connectivity index (χ0) is 19.3. The number of phenolic OH excluding ortho intramolecular Hbond substituents is 1. The minimum atomic E-state index is -0.822. The quantitative estimate of drug-likeness (QED) is 0.748. The predicted molar refractivity (Wildman–Crippen MR) is 97.2 cm³/mol. The number of aromatic hydroxyl groups is 1. The van der Waals surface area contributed by atoms with Gasteiger partial charge in [-0.2, -0.15) is 0 Å². The van der Waals surface area contributed by atoms with Gasteiger partial charge in [0.25, 0.3) is 0 Å². The van der Waals surface area contributed by atoms with Crippen molar-refractivity contribution in [1.82, 2.24) is 0 Å². The molecule has 0 radical (unpaired) electrons. The molecular weight excluding hydrogens is 336 g/mol. The van der Waals surface area contributed by atoms with Crippen LogP contribution in [-0.4, -0.2) is 41.3 Å². The van der Waals surface area contributed by atoms with Crippen molar-refractivity contribution >= 4 is 17.8 Å². The van der Waals surface area contributed by atoms with Gasteiger partial charge in [-0.1, -0.05) is 18.2 Å². The lowest BCUT2D eigenvalue weighted by Gasteiger charge is -2.16. The molecule has 2 rings (SSSR count). The van der Waals surface area contributed by atoms with Crippen LogP contribution in [0.1, 0.15) is 49.0 Å². The van der Waals surface area contributed by atoms with E-state index in [0.29, 0.717) is 23.3 Å². The van der Waals surface area contributed by atoms with Gasteiger partial charge in [0.15, 0.2) is 5.78 Å². The maximum absolute atomic E-state index is 12.5. The molecule has 6 nitrogen and oxygen atoms in total. The van der Waals surface area contributed by atoms with Crippen LogP contribution in [0.2, 0.25) is 0 Å². The molecule has 0 bridgehead atoms. The number of benzene rings is 1. The lowest BCUT2D eigenvalue weighted by atomic mass is 10.0. The topological polar surface area (TPSA) is 93.1 Å². The number of aliphatic hydroxyl groups is 1. The van der Waals surface area contributed by atoms with E-state index in [1.165, 1.54) is 13.2 Å². The van der Waals surface area contributed by atoms with Gasteiger partial charge in [-0.05, 0) is 37.5 Å². The van der Waals surface area contributed by atoms with Gasteiger partial charge in [0, 0.05) is 18.9 Å². The van der Waals surface area contributed by atoms with Gasteiger partial charge < -0.3 is 19.7 Å². The van der Waals surface area contributed by atoms with E-state index < -0.39 is 18.2 Å². The largest absolute Gasteiger partial charge is 0.507 e. The number of ketones is 1. The number of allylic oxidation sites excluding steroid dienone is 1. The number of carbonyl (C=O) groups excluding carboxylic acids is 2. The lowest BCUT2D eigenvalue weighted by Crippen LogP contribution is -2.17. The number of Topliss-reactive ketones (excluding diaryl/α,β-unsaturated/α-hetero) is 1. The first-order chi connectivity index (χ1) is 12.3. The van der Waals surface area contributed by atoms with Crippen molar-refractivity contribution in [2.45, 2.75) is 45.3 Å². The monoisotopic (exact) mass is 360 g/mol. The van der Waals surface area contributed by atoms with Gasteiger partial charge in [-0.15, -0.1) is 0 Å². The van der Waals surface area contributed by atoms with Crippen molar-refractivity contribution in [1.29, 1.82) is 0 Å². The summed E-state index contributed by atoms with van der Waals surface area (Å²) in [6.45, 7) is 3.39. The van der Waals surface area contributed by atoms with Crippen molar-refractivity contribution in [2.24, 2.45) is 0 Å². The number of cyclic esters (lactones) is 1. The van der Waals surface area contributed by atoms with Gasteiger partial charge in [0.2, 0.25) is 0 Å². The van der Waals surface area contributed by atoms with Crippen LogP contribution < -0.4 is 4.74 Å². The third kappa shape index (κ3) is 4.95. The molecule has 0 spiro atoms. The highest BCUT2D eigenvalue weighted by Crippen LogP contribution is 2.30. The number of esters is 1. The van der Waals surface area contributed by atoms with Crippen molar-refractivity contribution in [3.05, 3.63) is 41.0 Å². The highest BCUT2D eigenvalue weighted by atomic mass is 16.5. The first-order valence-electron chi connectivity index (χ1n) is 8.48. The minimum absolute atomic E-state index is 0.0249. The van der Waals surface area contributed by atoms with Crippen molar-refractivity contribution in [3.63, 3.8) is 0 Å². The predicted octanol–water partition coefficient (Wildman–Crippen LogP) is 3.02. The summed E-state index contributed by atoms with van der Waals surface area (Å²) in [5.74, 6) is -0.647. The summed E-state index contributed by atoms with van der Waals surface area (Å²) in [5, 5.41) is 20.3. The summed E-state index contributed by atoms with van der Waals surface area (Å²) in [6.07, 6.45) is 4.28. The molecule has 2 N–H and O–H groups in total. The molecule has 0 saturated carbocycles. The van der Waals surface area contributed by atoms with Crippen LogP contribution >= 0.6 is 0 Å². The first kappa shape index (κ1) is 19.7. The van der Waals surface area contributed by atoms with Crippen LogP contribution in [0.5, 0.6) is 11.5 Å². The SMILES string of the molecule is COc1cc(O)c2c(c1)/C=C/C[C@H](O)CC(=O)/C(C)=C\C[C@H](C)OC2=O. The fourth-order valence-electron chi connectivity index (χ4n) is 2.65. The van der Waals surface area contributed by atoms with Crippen LogP contribution in [0.25, 0.3) is 6.08 Å². The number of ether oxygens (including phenoxy) is 2. The number of carbonyl (C=O) groups is 2. The first-order valence-corrected chi connectivity index (χ1v) is 8.48. The Balaban J connectivity index is 2.44. The summed E-state index contributed by atoms with van der Waals surface area (Å²) in [4.78, 5) is 24.6. The standard InChI is InChI=1S/C20H24O6/c1-12-7-8-13(2)26-20(24)19-14(9-16(25-3)11-18(19)23)5-4-6-15(21)10-17(12)22/h4-5,7,9,11,13,15,21,23H,6,8,10H2,1-3H3/b5-4+,12-7-/t13-,15-/m0/s1. The van der Waals surface area contributed by atoms with E-state index in [9.17, 15) is 19.8 Å². The zero-order valence-corrected chi connectivity index (χ0v) is 15.2. The van der Waals surface area contributed by atoms with Gasteiger partial charge in [-0.25, -0.2) is 4.79 Å². The lowest BCUT2D eigenvalue weighted by molar-refractivity contribution is -0.117. The maximum Gasteiger partial charge on any atom is 0.342 e. The Kier molecular flexibility index (Phi) is 6.58. The molecule has 0 aliphatic carbocycles. The number of rotatable bonds is 1. The molecule has 0 unspecified atom stereocenters. The number of hydrogen-bond acceptors (Lipinski definition) is 6. The summed E-state index contributed by atoms with van der Waals surface area (Å²) >= 11 is 0. The number of fused-ring (bicyclic) bond motifs is 1. The zero-order valence-electron chi connectivity index (χ0n) is 15.2. The average Bonchev–Trinajstić information content (AvgIpc) is 2.58. The highest BCUT2D eigenvalue weighted by molar-refractivity contribution is 5.97. The molecule has 140 valence electrons. The van der Waals surface area contributed by atoms with E-state index in [1.54, 1.807) is 38.1 Å². The molecule has 6 heteroatoms. The number of aliphatic hydroxyl groups excluding tert-OH is 1. The summed E-state index contributed by atoms with van der Waals surface area (Å²) in [5.41, 5.74) is 0.986. The van der Waals surface area contributed by atoms with E-state index in [0.717, 1.165) is 0 Å². The highest BCUT2D eigenvalue weighted by Gasteiger charge is 2.21. The Bertz CT molecular complexity index is 747. The summed E-state index contributed by atoms with van der Waals surface area (Å²) < 4.78 is 10.5. The van der Waals surface area contributed by atoms with Crippen LogP contribution in [0.3, 0.4) is 0 Å². The minimum Gasteiger partial charge on any atom is -0.507 e. The van der Waals surface area contributed by atoms with Gasteiger partial charge in [0.1, 0.15) is 23.2 Å². The summed E-state index contributed by atoms with van der Waals surface area (Å²) in [6, 6.07) is 2.95. The fraction of sp³-hybridized carbons (Fsp3) is 0.400. The number of hydrogen-bond donors (Lipinski definition) is 2. The Labute approximate surface area is 152 Å². The van der Waals surface area contributed by atoms with E-state index >= 15 is 0 Å². The van der Waals surface area contributed by atoms with Crippen molar-refractivity contribution in [3.8, 4) is 11.5 Å². The molecular formula is C20H24O6. The van der Waals surface area contributed by atoms with Crippen LogP contribution in [-0.2, 0) is 9.53 Å². The second-order valence-electron chi connectivity index (χ2n) is 6.37. The molecule has 1 heterocycles. The third-order valence-electron chi connectivity index (χ3n) is 4.19.